The van der Waals surface area contributed by atoms with E-state index in [0.29, 0.717) is 32.2 Å². The third kappa shape index (κ3) is 4.53. The highest BCUT2D eigenvalue weighted by Gasteiger charge is 2.74. The van der Waals surface area contributed by atoms with E-state index in [4.69, 9.17) is 9.47 Å². The fourth-order valence-corrected chi connectivity index (χ4v) is 6.37. The van der Waals surface area contributed by atoms with Gasteiger partial charge in [0, 0.05) is 18.7 Å². The summed E-state index contributed by atoms with van der Waals surface area (Å²) in [5.74, 6) is -2.23. The Morgan fingerprint density at radius 2 is 1.94 bits per heavy atom. The third-order valence-electron chi connectivity index (χ3n) is 6.85. The highest BCUT2D eigenvalue weighted by atomic mass is 16.6. The molecule has 2 bridgehead atoms. The van der Waals surface area contributed by atoms with Crippen LogP contribution in [0.15, 0.2) is 0 Å². The Morgan fingerprint density at radius 1 is 1.25 bits per heavy atom. The molecule has 2 N–H and O–H groups in total. The molecule has 0 aromatic rings. The monoisotopic (exact) mass is 452 g/mol. The maximum atomic E-state index is 13.7. The number of likely N-dealkylation sites (tertiary alicyclic amines) is 1. The number of hydrogen-bond donors (Lipinski definition) is 2. The number of ether oxygens (including phenoxy) is 2. The first-order chi connectivity index (χ1) is 14.9. The first-order valence-corrected chi connectivity index (χ1v) is 11.9. The Morgan fingerprint density at radius 3 is 2.53 bits per heavy atom. The van der Waals surface area contributed by atoms with Crippen molar-refractivity contribution in [2.45, 2.75) is 96.9 Å². The number of aliphatic hydroxyl groups is 1. The molecule has 0 aliphatic carbocycles. The van der Waals surface area contributed by atoms with Crippen molar-refractivity contribution in [3.8, 4) is 0 Å². The number of nitrogens with one attached hydrogen (secondary N) is 1. The van der Waals surface area contributed by atoms with Crippen LogP contribution < -0.4 is 5.32 Å². The van der Waals surface area contributed by atoms with Gasteiger partial charge in [0.1, 0.15) is 11.6 Å². The molecule has 0 aromatic heterocycles. The topological polar surface area (TPSA) is 105 Å². The lowest BCUT2D eigenvalue weighted by atomic mass is 9.70. The predicted molar refractivity (Wildman–Crippen MR) is 119 cm³/mol. The van der Waals surface area contributed by atoms with Gasteiger partial charge >= 0.3 is 5.97 Å². The maximum absolute atomic E-state index is 13.7. The Hall–Kier alpha value is -1.67. The van der Waals surface area contributed by atoms with E-state index in [9.17, 15) is 19.5 Å². The SMILES string of the molecule is CCOC(=O)[C@@H]1[C@@H]2CC[C@]3(O2)[C@H](C(=O)NC(C)(C)CC(C)(C)C)N(CCCCO)C(=O)[C@@H]13. The summed E-state index contributed by atoms with van der Waals surface area (Å²) in [6.45, 7) is 12.7. The molecule has 0 saturated carbocycles. The van der Waals surface area contributed by atoms with Gasteiger partial charge in [-0.3, -0.25) is 14.4 Å². The number of amides is 2. The predicted octanol–water partition coefficient (Wildman–Crippen LogP) is 2.03. The van der Waals surface area contributed by atoms with Crippen LogP contribution in [0.1, 0.15) is 73.6 Å². The summed E-state index contributed by atoms with van der Waals surface area (Å²) < 4.78 is 11.6. The number of esters is 1. The van der Waals surface area contributed by atoms with E-state index in [2.05, 4.69) is 26.1 Å². The molecule has 3 aliphatic heterocycles. The van der Waals surface area contributed by atoms with Crippen molar-refractivity contribution < 1.29 is 29.0 Å². The summed E-state index contributed by atoms with van der Waals surface area (Å²) in [4.78, 5) is 41.6. The lowest BCUT2D eigenvalue weighted by Gasteiger charge is -2.38. The number of fused-ring (bicyclic) bond motifs is 1. The first kappa shape index (κ1) is 25.0. The zero-order valence-electron chi connectivity index (χ0n) is 20.4. The van der Waals surface area contributed by atoms with E-state index in [1.807, 2.05) is 13.8 Å². The molecule has 182 valence electrons. The fraction of sp³-hybridized carbons (Fsp3) is 0.875. The summed E-state index contributed by atoms with van der Waals surface area (Å²) in [6, 6.07) is -0.789. The lowest BCUT2D eigenvalue weighted by molar-refractivity contribution is -0.154. The van der Waals surface area contributed by atoms with E-state index >= 15 is 0 Å². The second-order valence-electron chi connectivity index (χ2n) is 11.4. The molecule has 1 spiro atoms. The number of aliphatic hydroxyl groups excluding tert-OH is 1. The van der Waals surface area contributed by atoms with Crippen molar-refractivity contribution in [2.75, 3.05) is 19.8 Å². The quantitative estimate of drug-likeness (QED) is 0.410. The molecule has 8 heteroatoms. The minimum Gasteiger partial charge on any atom is -0.466 e. The molecule has 3 saturated heterocycles. The van der Waals surface area contributed by atoms with Crippen LogP contribution in [0.5, 0.6) is 0 Å². The minimum atomic E-state index is -1.000. The second-order valence-corrected chi connectivity index (χ2v) is 11.4. The smallest absolute Gasteiger partial charge is 0.312 e. The highest BCUT2D eigenvalue weighted by molar-refractivity contribution is 5.98. The molecule has 5 atom stereocenters. The Bertz CT molecular complexity index is 745. The van der Waals surface area contributed by atoms with Crippen molar-refractivity contribution in [1.82, 2.24) is 10.2 Å². The number of unbranched alkanes of at least 4 members (excludes halogenated alkanes) is 1. The Labute approximate surface area is 191 Å². The van der Waals surface area contributed by atoms with Crippen LogP contribution in [-0.2, 0) is 23.9 Å². The molecule has 0 aromatic carbocycles. The molecule has 3 rings (SSSR count). The van der Waals surface area contributed by atoms with Gasteiger partial charge in [0.2, 0.25) is 11.8 Å². The highest BCUT2D eigenvalue weighted by Crippen LogP contribution is 2.58. The molecule has 0 unspecified atom stereocenters. The van der Waals surface area contributed by atoms with Gasteiger partial charge in [-0.05, 0) is 58.3 Å². The van der Waals surface area contributed by atoms with E-state index in [-0.39, 0.29) is 36.5 Å². The van der Waals surface area contributed by atoms with Crippen LogP contribution in [0.4, 0.5) is 0 Å². The number of carbonyl (C=O) groups is 3. The summed E-state index contributed by atoms with van der Waals surface area (Å²) in [7, 11) is 0. The average Bonchev–Trinajstić information content (AvgIpc) is 3.27. The average molecular weight is 453 g/mol. The summed E-state index contributed by atoms with van der Waals surface area (Å²) in [6.07, 6.45) is 2.69. The van der Waals surface area contributed by atoms with Gasteiger partial charge in [0.15, 0.2) is 0 Å². The van der Waals surface area contributed by atoms with Gasteiger partial charge in [0.25, 0.3) is 0 Å². The van der Waals surface area contributed by atoms with Crippen molar-refractivity contribution in [1.29, 1.82) is 0 Å². The molecule has 8 nitrogen and oxygen atoms in total. The molecule has 3 heterocycles. The van der Waals surface area contributed by atoms with Crippen LogP contribution in [-0.4, -0.2) is 70.8 Å². The molecular weight excluding hydrogens is 412 g/mol. The van der Waals surface area contributed by atoms with Gasteiger partial charge in [-0.25, -0.2) is 0 Å². The molecule has 32 heavy (non-hydrogen) atoms. The third-order valence-corrected chi connectivity index (χ3v) is 6.85. The Balaban J connectivity index is 1.92. The van der Waals surface area contributed by atoms with Crippen molar-refractivity contribution >= 4 is 17.8 Å². The zero-order chi connectivity index (χ0) is 23.9. The molecular formula is C24H40N2O6. The first-order valence-electron chi connectivity index (χ1n) is 11.9. The lowest BCUT2D eigenvalue weighted by Crippen LogP contribution is -2.59. The second kappa shape index (κ2) is 8.93. The van der Waals surface area contributed by atoms with Crippen molar-refractivity contribution in [2.24, 2.45) is 17.3 Å². The van der Waals surface area contributed by atoms with Crippen LogP contribution in [0.25, 0.3) is 0 Å². The summed E-state index contributed by atoms with van der Waals surface area (Å²) in [5, 5.41) is 12.4. The van der Waals surface area contributed by atoms with Crippen LogP contribution >= 0.6 is 0 Å². The fourth-order valence-electron chi connectivity index (χ4n) is 6.37. The minimum absolute atomic E-state index is 0.0151. The number of nitrogens with zero attached hydrogens (tertiary/aromatic N) is 1. The van der Waals surface area contributed by atoms with E-state index in [1.54, 1.807) is 11.8 Å². The van der Waals surface area contributed by atoms with E-state index < -0.39 is 35.0 Å². The van der Waals surface area contributed by atoms with Crippen LogP contribution in [0.2, 0.25) is 0 Å². The van der Waals surface area contributed by atoms with Gasteiger partial charge in [-0.2, -0.15) is 0 Å². The van der Waals surface area contributed by atoms with Gasteiger partial charge in [-0.15, -0.1) is 0 Å². The van der Waals surface area contributed by atoms with Crippen molar-refractivity contribution in [3.05, 3.63) is 0 Å². The molecule has 0 radical (unpaired) electrons. The molecule has 3 fully saturated rings. The van der Waals surface area contributed by atoms with Gasteiger partial charge in [0.05, 0.1) is 24.5 Å². The van der Waals surface area contributed by atoms with Crippen molar-refractivity contribution in [3.63, 3.8) is 0 Å². The van der Waals surface area contributed by atoms with E-state index in [1.165, 1.54) is 0 Å². The standard InChI is InChI=1S/C24H40N2O6/c1-7-31-21(30)16-15-10-11-24(32-15)17(16)20(29)26(12-8-9-13-27)18(24)19(28)25-23(5,6)14-22(2,3)4/h15-18,27H,7-14H2,1-6H3,(H,25,28)/t15-,16+,17+,18-,24+/m0/s1. The normalized spacial score (nSPS) is 31.7. The molecule has 3 aliphatic rings. The number of rotatable bonds is 9. The summed E-state index contributed by atoms with van der Waals surface area (Å²) in [5.41, 5.74) is -1.46. The number of hydrogen-bond acceptors (Lipinski definition) is 6. The van der Waals surface area contributed by atoms with Gasteiger partial charge < -0.3 is 24.8 Å². The van der Waals surface area contributed by atoms with Crippen LogP contribution in [0.3, 0.4) is 0 Å². The Kier molecular flexibility index (Phi) is 6.97. The largest absolute Gasteiger partial charge is 0.466 e. The molecule has 2 amide bonds. The van der Waals surface area contributed by atoms with Crippen LogP contribution in [0, 0.1) is 17.3 Å². The number of carbonyl (C=O) groups excluding carboxylic acids is 3. The summed E-state index contributed by atoms with van der Waals surface area (Å²) >= 11 is 0. The maximum Gasteiger partial charge on any atom is 0.312 e. The zero-order valence-corrected chi connectivity index (χ0v) is 20.4. The van der Waals surface area contributed by atoms with Gasteiger partial charge in [-0.1, -0.05) is 20.8 Å². The van der Waals surface area contributed by atoms with E-state index in [0.717, 1.165) is 6.42 Å².